The predicted octanol–water partition coefficient (Wildman–Crippen LogP) is 3.25. The molecule has 0 aliphatic rings. The number of aromatic nitrogens is 1. The predicted molar refractivity (Wildman–Crippen MR) is 80.2 cm³/mol. The normalized spacial score (nSPS) is 10.6. The molecule has 1 aromatic carbocycles. The summed E-state index contributed by atoms with van der Waals surface area (Å²) in [5.41, 5.74) is 6.98. The van der Waals surface area contributed by atoms with Gasteiger partial charge in [-0.15, -0.1) is 0 Å². The minimum atomic E-state index is 0.397. The molecule has 2 N–H and O–H groups in total. The number of nitrogen functional groups attached to an aromatic ring is 1. The lowest BCUT2D eigenvalue weighted by Gasteiger charge is -2.10. The second kappa shape index (κ2) is 6.80. The molecular formula is C16H20N2O2. The third-order valence-electron chi connectivity index (χ3n) is 2.96. The SMILES string of the molecule is CC(C)c1ccc(OCCOc2cccnc2N)cc1. The number of rotatable bonds is 6. The second-order valence-electron chi connectivity index (χ2n) is 4.81. The average molecular weight is 272 g/mol. The minimum Gasteiger partial charge on any atom is -0.490 e. The maximum atomic E-state index is 5.68. The van der Waals surface area contributed by atoms with Crippen molar-refractivity contribution in [2.24, 2.45) is 0 Å². The number of benzene rings is 1. The summed E-state index contributed by atoms with van der Waals surface area (Å²) in [6.07, 6.45) is 1.63. The van der Waals surface area contributed by atoms with Crippen LogP contribution >= 0.6 is 0 Å². The summed E-state index contributed by atoms with van der Waals surface area (Å²) >= 11 is 0. The van der Waals surface area contributed by atoms with Gasteiger partial charge in [0.05, 0.1) is 0 Å². The van der Waals surface area contributed by atoms with Crippen LogP contribution in [0.4, 0.5) is 5.82 Å². The molecule has 0 radical (unpaired) electrons. The number of nitrogens with two attached hydrogens (primary N) is 1. The van der Waals surface area contributed by atoms with Gasteiger partial charge in [0.2, 0.25) is 0 Å². The van der Waals surface area contributed by atoms with E-state index >= 15 is 0 Å². The van der Waals surface area contributed by atoms with Crippen LogP contribution in [0.2, 0.25) is 0 Å². The maximum Gasteiger partial charge on any atom is 0.166 e. The van der Waals surface area contributed by atoms with Crippen LogP contribution in [0.5, 0.6) is 11.5 Å². The van der Waals surface area contributed by atoms with Gasteiger partial charge in [-0.1, -0.05) is 26.0 Å². The fourth-order valence-electron chi connectivity index (χ4n) is 1.78. The van der Waals surface area contributed by atoms with E-state index < -0.39 is 0 Å². The molecule has 0 fully saturated rings. The van der Waals surface area contributed by atoms with Crippen LogP contribution < -0.4 is 15.2 Å². The van der Waals surface area contributed by atoms with Crippen molar-refractivity contribution in [1.82, 2.24) is 4.98 Å². The first-order chi connectivity index (χ1) is 9.66. The number of nitrogens with zero attached hydrogens (tertiary/aromatic N) is 1. The fraction of sp³-hybridized carbons (Fsp3) is 0.312. The van der Waals surface area contributed by atoms with Gasteiger partial charge < -0.3 is 15.2 Å². The van der Waals surface area contributed by atoms with Crippen molar-refractivity contribution < 1.29 is 9.47 Å². The van der Waals surface area contributed by atoms with Gasteiger partial charge in [-0.25, -0.2) is 4.98 Å². The zero-order chi connectivity index (χ0) is 14.4. The quantitative estimate of drug-likeness (QED) is 0.820. The zero-order valence-corrected chi connectivity index (χ0v) is 11.9. The Morgan fingerprint density at radius 3 is 2.40 bits per heavy atom. The Balaban J connectivity index is 1.77. The lowest BCUT2D eigenvalue weighted by Crippen LogP contribution is -2.10. The fourth-order valence-corrected chi connectivity index (χ4v) is 1.78. The first-order valence-corrected chi connectivity index (χ1v) is 6.73. The molecule has 0 saturated carbocycles. The van der Waals surface area contributed by atoms with Gasteiger partial charge >= 0.3 is 0 Å². The van der Waals surface area contributed by atoms with Gasteiger partial charge in [-0.05, 0) is 35.7 Å². The molecule has 20 heavy (non-hydrogen) atoms. The topological polar surface area (TPSA) is 57.4 Å². The van der Waals surface area contributed by atoms with E-state index in [0.717, 1.165) is 5.75 Å². The maximum absolute atomic E-state index is 5.68. The molecule has 2 aromatic rings. The Morgan fingerprint density at radius 1 is 1.05 bits per heavy atom. The van der Waals surface area contributed by atoms with E-state index in [1.54, 1.807) is 18.3 Å². The van der Waals surface area contributed by atoms with E-state index in [0.29, 0.717) is 30.7 Å². The van der Waals surface area contributed by atoms with Crippen LogP contribution in [-0.2, 0) is 0 Å². The van der Waals surface area contributed by atoms with Gasteiger partial charge in [0.1, 0.15) is 19.0 Å². The van der Waals surface area contributed by atoms with Gasteiger partial charge in [0.15, 0.2) is 11.6 Å². The average Bonchev–Trinajstić information content (AvgIpc) is 2.46. The van der Waals surface area contributed by atoms with Crippen molar-refractivity contribution in [3.8, 4) is 11.5 Å². The summed E-state index contributed by atoms with van der Waals surface area (Å²) in [6, 6.07) is 11.7. The van der Waals surface area contributed by atoms with Crippen molar-refractivity contribution in [1.29, 1.82) is 0 Å². The Labute approximate surface area is 119 Å². The van der Waals surface area contributed by atoms with E-state index in [1.165, 1.54) is 5.56 Å². The van der Waals surface area contributed by atoms with Crippen molar-refractivity contribution >= 4 is 5.82 Å². The summed E-state index contributed by atoms with van der Waals surface area (Å²) in [6.45, 7) is 5.24. The van der Waals surface area contributed by atoms with Crippen LogP contribution in [0.1, 0.15) is 25.3 Å². The Hall–Kier alpha value is -2.23. The number of ether oxygens (including phenoxy) is 2. The minimum absolute atomic E-state index is 0.397. The van der Waals surface area contributed by atoms with Gasteiger partial charge in [0.25, 0.3) is 0 Å². The van der Waals surface area contributed by atoms with Gasteiger partial charge in [0, 0.05) is 6.20 Å². The molecule has 0 saturated heterocycles. The summed E-state index contributed by atoms with van der Waals surface area (Å²) < 4.78 is 11.1. The zero-order valence-electron chi connectivity index (χ0n) is 11.9. The summed E-state index contributed by atoms with van der Waals surface area (Å²) in [7, 11) is 0. The van der Waals surface area contributed by atoms with E-state index in [9.17, 15) is 0 Å². The molecule has 0 aliphatic carbocycles. The Morgan fingerprint density at radius 2 is 1.75 bits per heavy atom. The van der Waals surface area contributed by atoms with E-state index in [-0.39, 0.29) is 0 Å². The standard InChI is InChI=1S/C16H20N2O2/c1-12(2)13-5-7-14(8-6-13)19-10-11-20-15-4-3-9-18-16(15)17/h3-9,12H,10-11H2,1-2H3,(H2,17,18). The molecule has 0 atom stereocenters. The van der Waals surface area contributed by atoms with Gasteiger partial charge in [-0.3, -0.25) is 0 Å². The molecule has 0 aliphatic heterocycles. The molecule has 2 rings (SSSR count). The number of pyridine rings is 1. The van der Waals surface area contributed by atoms with Crippen LogP contribution in [0.3, 0.4) is 0 Å². The lowest BCUT2D eigenvalue weighted by atomic mass is 10.0. The van der Waals surface area contributed by atoms with Crippen molar-refractivity contribution in [2.75, 3.05) is 18.9 Å². The number of anilines is 1. The highest BCUT2D eigenvalue weighted by molar-refractivity contribution is 5.44. The lowest BCUT2D eigenvalue weighted by molar-refractivity contribution is 0.217. The van der Waals surface area contributed by atoms with Crippen LogP contribution in [0.25, 0.3) is 0 Å². The van der Waals surface area contributed by atoms with Crippen LogP contribution in [-0.4, -0.2) is 18.2 Å². The summed E-state index contributed by atoms with van der Waals surface area (Å²) in [5.74, 6) is 2.36. The first-order valence-electron chi connectivity index (χ1n) is 6.73. The van der Waals surface area contributed by atoms with Crippen molar-refractivity contribution in [3.05, 3.63) is 48.2 Å². The third-order valence-corrected chi connectivity index (χ3v) is 2.96. The molecule has 1 heterocycles. The van der Waals surface area contributed by atoms with E-state index in [4.69, 9.17) is 15.2 Å². The number of hydrogen-bond donors (Lipinski definition) is 1. The van der Waals surface area contributed by atoms with E-state index in [2.05, 4.69) is 31.0 Å². The molecule has 0 unspecified atom stereocenters. The largest absolute Gasteiger partial charge is 0.490 e. The smallest absolute Gasteiger partial charge is 0.166 e. The number of hydrogen-bond acceptors (Lipinski definition) is 4. The second-order valence-corrected chi connectivity index (χ2v) is 4.81. The summed E-state index contributed by atoms with van der Waals surface area (Å²) in [5, 5.41) is 0. The Kier molecular flexibility index (Phi) is 4.82. The van der Waals surface area contributed by atoms with Crippen molar-refractivity contribution in [3.63, 3.8) is 0 Å². The van der Waals surface area contributed by atoms with Crippen LogP contribution in [0, 0.1) is 0 Å². The van der Waals surface area contributed by atoms with Crippen LogP contribution in [0.15, 0.2) is 42.6 Å². The highest BCUT2D eigenvalue weighted by Gasteiger charge is 2.01. The highest BCUT2D eigenvalue weighted by atomic mass is 16.5. The molecule has 106 valence electrons. The molecule has 0 bridgehead atoms. The monoisotopic (exact) mass is 272 g/mol. The van der Waals surface area contributed by atoms with E-state index in [1.807, 2.05) is 12.1 Å². The summed E-state index contributed by atoms with van der Waals surface area (Å²) in [4.78, 5) is 3.95. The van der Waals surface area contributed by atoms with Gasteiger partial charge in [-0.2, -0.15) is 0 Å². The molecule has 4 heteroatoms. The molecule has 0 spiro atoms. The first kappa shape index (κ1) is 14.2. The third kappa shape index (κ3) is 3.88. The molecular weight excluding hydrogens is 252 g/mol. The van der Waals surface area contributed by atoms with Crippen molar-refractivity contribution in [2.45, 2.75) is 19.8 Å². The molecule has 0 amide bonds. The molecule has 4 nitrogen and oxygen atoms in total. The Bertz CT molecular complexity index is 538. The molecule has 1 aromatic heterocycles. The highest BCUT2D eigenvalue weighted by Crippen LogP contribution is 2.19.